The van der Waals surface area contributed by atoms with Crippen LogP contribution in [-0.4, -0.2) is 6.54 Å². The van der Waals surface area contributed by atoms with E-state index >= 15 is 0 Å². The zero-order chi connectivity index (χ0) is 13.0. The summed E-state index contributed by atoms with van der Waals surface area (Å²) in [4.78, 5) is 1.29. The molecule has 3 N–H and O–H groups in total. The molecule has 1 aromatic heterocycles. The summed E-state index contributed by atoms with van der Waals surface area (Å²) in [7, 11) is 0. The molecular formula is C13H14Cl2N2S. The van der Waals surface area contributed by atoms with Gasteiger partial charge in [-0.15, -0.1) is 11.3 Å². The van der Waals surface area contributed by atoms with E-state index in [4.69, 9.17) is 28.9 Å². The summed E-state index contributed by atoms with van der Waals surface area (Å²) >= 11 is 13.6. The fourth-order valence-corrected chi connectivity index (χ4v) is 2.67. The monoisotopic (exact) mass is 300 g/mol. The average molecular weight is 301 g/mol. The first-order chi connectivity index (χ1) is 8.70. The highest BCUT2D eigenvalue weighted by Crippen LogP contribution is 2.25. The van der Waals surface area contributed by atoms with E-state index in [1.165, 1.54) is 4.88 Å². The van der Waals surface area contributed by atoms with Crippen LogP contribution in [-0.2, 0) is 6.54 Å². The summed E-state index contributed by atoms with van der Waals surface area (Å²) in [6.07, 6.45) is 0. The molecule has 5 heteroatoms. The van der Waals surface area contributed by atoms with Crippen molar-refractivity contribution < 1.29 is 0 Å². The molecule has 0 spiro atoms. The Bertz CT molecular complexity index is 500. The zero-order valence-corrected chi connectivity index (χ0v) is 12.0. The van der Waals surface area contributed by atoms with E-state index in [1.807, 2.05) is 18.2 Å². The zero-order valence-electron chi connectivity index (χ0n) is 9.70. The van der Waals surface area contributed by atoms with Gasteiger partial charge in [-0.2, -0.15) is 0 Å². The second-order valence-corrected chi connectivity index (χ2v) is 5.77. The Balaban J connectivity index is 2.05. The van der Waals surface area contributed by atoms with Crippen molar-refractivity contribution in [2.75, 3.05) is 6.54 Å². The molecule has 2 rings (SSSR count). The van der Waals surface area contributed by atoms with Gasteiger partial charge in [0.1, 0.15) is 0 Å². The molecule has 2 aromatic rings. The molecule has 0 aliphatic rings. The third-order valence-corrected chi connectivity index (χ3v) is 4.30. The maximum absolute atomic E-state index is 6.02. The van der Waals surface area contributed by atoms with Crippen LogP contribution in [0.5, 0.6) is 0 Å². The number of thiophene rings is 1. The third-order valence-electron chi connectivity index (χ3n) is 2.68. The van der Waals surface area contributed by atoms with Crippen molar-refractivity contribution in [1.82, 2.24) is 5.32 Å². The second kappa shape index (κ2) is 6.55. The van der Waals surface area contributed by atoms with Gasteiger partial charge in [0.05, 0.1) is 10.0 Å². The summed E-state index contributed by atoms with van der Waals surface area (Å²) in [6.45, 7) is 1.32. The third kappa shape index (κ3) is 3.46. The standard InChI is InChI=1S/C13H14Cl2N2S/c14-11-4-3-9(6-12(11)15)13(7-16)17-8-10-2-1-5-18-10/h1-6,13,17H,7-8,16H2. The highest BCUT2D eigenvalue weighted by Gasteiger charge is 2.10. The SMILES string of the molecule is NCC(NCc1cccs1)c1ccc(Cl)c(Cl)c1. The fraction of sp³-hybridized carbons (Fsp3) is 0.231. The molecule has 1 heterocycles. The summed E-state index contributed by atoms with van der Waals surface area (Å²) in [6, 6.07) is 9.84. The molecular weight excluding hydrogens is 287 g/mol. The van der Waals surface area contributed by atoms with Gasteiger partial charge in [0.25, 0.3) is 0 Å². The lowest BCUT2D eigenvalue weighted by Crippen LogP contribution is -2.27. The Morgan fingerprint density at radius 3 is 2.67 bits per heavy atom. The molecule has 1 unspecified atom stereocenters. The van der Waals surface area contributed by atoms with Gasteiger partial charge in [0.15, 0.2) is 0 Å². The van der Waals surface area contributed by atoms with Gasteiger partial charge < -0.3 is 11.1 Å². The summed E-state index contributed by atoms with van der Waals surface area (Å²) in [5, 5.41) is 6.61. The predicted octanol–water partition coefficient (Wildman–Crippen LogP) is 3.84. The van der Waals surface area contributed by atoms with Crippen LogP contribution in [0.4, 0.5) is 0 Å². The molecule has 18 heavy (non-hydrogen) atoms. The number of halogens is 2. The van der Waals surface area contributed by atoms with Crippen molar-refractivity contribution in [2.24, 2.45) is 5.73 Å². The maximum atomic E-state index is 6.02. The van der Waals surface area contributed by atoms with Crippen molar-refractivity contribution in [2.45, 2.75) is 12.6 Å². The minimum Gasteiger partial charge on any atom is -0.329 e. The lowest BCUT2D eigenvalue weighted by Gasteiger charge is -2.17. The van der Waals surface area contributed by atoms with Crippen LogP contribution in [0, 0.1) is 0 Å². The number of benzene rings is 1. The molecule has 0 aliphatic carbocycles. The summed E-state index contributed by atoms with van der Waals surface area (Å²) < 4.78 is 0. The molecule has 0 fully saturated rings. The van der Waals surface area contributed by atoms with Gasteiger partial charge >= 0.3 is 0 Å². The van der Waals surface area contributed by atoms with E-state index in [0.29, 0.717) is 16.6 Å². The lowest BCUT2D eigenvalue weighted by atomic mass is 10.1. The molecule has 96 valence electrons. The van der Waals surface area contributed by atoms with Crippen molar-refractivity contribution >= 4 is 34.5 Å². The molecule has 0 amide bonds. The van der Waals surface area contributed by atoms with Crippen LogP contribution in [0.15, 0.2) is 35.7 Å². The Kier molecular flexibility index (Phi) is 5.03. The van der Waals surface area contributed by atoms with Crippen molar-refractivity contribution in [3.05, 3.63) is 56.2 Å². The number of nitrogens with one attached hydrogen (secondary N) is 1. The first kappa shape index (κ1) is 13.8. The van der Waals surface area contributed by atoms with Crippen LogP contribution >= 0.6 is 34.5 Å². The smallest absolute Gasteiger partial charge is 0.0595 e. The van der Waals surface area contributed by atoms with E-state index in [2.05, 4.69) is 16.8 Å². The van der Waals surface area contributed by atoms with E-state index in [-0.39, 0.29) is 6.04 Å². The van der Waals surface area contributed by atoms with E-state index in [9.17, 15) is 0 Å². The van der Waals surface area contributed by atoms with Crippen molar-refractivity contribution in [3.8, 4) is 0 Å². The summed E-state index contributed by atoms with van der Waals surface area (Å²) in [5.41, 5.74) is 6.86. The Labute approximate surface area is 121 Å². The van der Waals surface area contributed by atoms with Gasteiger partial charge in [0, 0.05) is 24.0 Å². The molecule has 0 radical (unpaired) electrons. The number of hydrogen-bond donors (Lipinski definition) is 2. The maximum Gasteiger partial charge on any atom is 0.0595 e. The van der Waals surface area contributed by atoms with Gasteiger partial charge in [-0.25, -0.2) is 0 Å². The van der Waals surface area contributed by atoms with Gasteiger partial charge in [-0.1, -0.05) is 35.3 Å². The van der Waals surface area contributed by atoms with E-state index in [0.717, 1.165) is 12.1 Å². The number of nitrogens with two attached hydrogens (primary N) is 1. The normalized spacial score (nSPS) is 12.6. The van der Waals surface area contributed by atoms with Crippen LogP contribution in [0.2, 0.25) is 10.0 Å². The van der Waals surface area contributed by atoms with Crippen LogP contribution in [0.1, 0.15) is 16.5 Å². The van der Waals surface area contributed by atoms with Gasteiger partial charge in [-0.3, -0.25) is 0 Å². The quantitative estimate of drug-likeness (QED) is 0.880. The second-order valence-electron chi connectivity index (χ2n) is 3.92. The molecule has 0 aliphatic heterocycles. The highest BCUT2D eigenvalue weighted by atomic mass is 35.5. The Morgan fingerprint density at radius 2 is 2.06 bits per heavy atom. The first-order valence-corrected chi connectivity index (χ1v) is 7.25. The number of rotatable bonds is 5. The number of hydrogen-bond acceptors (Lipinski definition) is 3. The van der Waals surface area contributed by atoms with Crippen LogP contribution < -0.4 is 11.1 Å². The molecule has 2 nitrogen and oxygen atoms in total. The van der Waals surface area contributed by atoms with Crippen LogP contribution in [0.3, 0.4) is 0 Å². The average Bonchev–Trinajstić information content (AvgIpc) is 2.87. The largest absolute Gasteiger partial charge is 0.329 e. The first-order valence-electron chi connectivity index (χ1n) is 5.61. The minimum atomic E-state index is 0.0851. The molecule has 1 aromatic carbocycles. The fourth-order valence-electron chi connectivity index (χ4n) is 1.70. The predicted molar refractivity (Wildman–Crippen MR) is 79.4 cm³/mol. The molecule has 0 bridgehead atoms. The Morgan fingerprint density at radius 1 is 1.22 bits per heavy atom. The topological polar surface area (TPSA) is 38.0 Å². The van der Waals surface area contributed by atoms with Gasteiger partial charge in [-0.05, 0) is 29.1 Å². The molecule has 0 saturated heterocycles. The highest BCUT2D eigenvalue weighted by molar-refractivity contribution is 7.09. The van der Waals surface area contributed by atoms with Gasteiger partial charge in [0.2, 0.25) is 0 Å². The summed E-state index contributed by atoms with van der Waals surface area (Å²) in [5.74, 6) is 0. The van der Waals surface area contributed by atoms with Crippen molar-refractivity contribution in [1.29, 1.82) is 0 Å². The Hall–Kier alpha value is -0.580. The van der Waals surface area contributed by atoms with Crippen molar-refractivity contribution in [3.63, 3.8) is 0 Å². The van der Waals surface area contributed by atoms with E-state index < -0.39 is 0 Å². The lowest BCUT2D eigenvalue weighted by molar-refractivity contribution is 0.545. The minimum absolute atomic E-state index is 0.0851. The molecule has 1 atom stereocenters. The van der Waals surface area contributed by atoms with E-state index in [1.54, 1.807) is 17.4 Å². The molecule has 0 saturated carbocycles. The van der Waals surface area contributed by atoms with Crippen LogP contribution in [0.25, 0.3) is 0 Å².